The molecule has 2 aromatic carbocycles. The second-order valence-corrected chi connectivity index (χ2v) is 8.74. The summed E-state index contributed by atoms with van der Waals surface area (Å²) >= 11 is 5.70. The third-order valence-corrected chi connectivity index (χ3v) is 6.72. The van der Waals surface area contributed by atoms with Crippen molar-refractivity contribution in [2.45, 2.75) is 30.6 Å². The summed E-state index contributed by atoms with van der Waals surface area (Å²) in [6, 6.07) is 9.96. The number of nitrogens with zero attached hydrogens (tertiary/aromatic N) is 1. The Morgan fingerprint density at radius 2 is 1.63 bits per heavy atom. The Hall–Kier alpha value is -1.96. The summed E-state index contributed by atoms with van der Waals surface area (Å²) in [4.78, 5) is 12.5. The van der Waals surface area contributed by atoms with Crippen LogP contribution in [0, 0.1) is 5.82 Å². The molecule has 144 valence electrons. The number of amides is 1. The Morgan fingerprint density at radius 1 is 1.00 bits per heavy atom. The third kappa shape index (κ3) is 4.48. The summed E-state index contributed by atoms with van der Waals surface area (Å²) in [6.45, 7) is 1.03. The molecular weight excluding hydrogens is 391 g/mol. The molecule has 0 atom stereocenters. The highest BCUT2D eigenvalue weighted by Crippen LogP contribution is 2.24. The predicted molar refractivity (Wildman–Crippen MR) is 103 cm³/mol. The molecule has 0 spiro atoms. The number of carbonyl (C=O) groups is 1. The molecule has 0 aromatic heterocycles. The van der Waals surface area contributed by atoms with Crippen molar-refractivity contribution in [2.75, 3.05) is 18.4 Å². The fraction of sp³-hybridized carbons (Fsp3) is 0.316. The monoisotopic (exact) mass is 410 g/mol. The number of anilines is 1. The zero-order valence-electron chi connectivity index (χ0n) is 14.6. The first-order valence-corrected chi connectivity index (χ1v) is 10.6. The van der Waals surface area contributed by atoms with Gasteiger partial charge in [-0.15, -0.1) is 0 Å². The van der Waals surface area contributed by atoms with Gasteiger partial charge in [0.1, 0.15) is 0 Å². The summed E-state index contributed by atoms with van der Waals surface area (Å²) in [5.41, 5.74) is 0.193. The summed E-state index contributed by atoms with van der Waals surface area (Å²) in [7, 11) is -3.57. The van der Waals surface area contributed by atoms with Gasteiger partial charge >= 0.3 is 0 Å². The van der Waals surface area contributed by atoms with Crippen LogP contribution in [0.3, 0.4) is 0 Å². The lowest BCUT2D eigenvalue weighted by Gasteiger charge is -2.20. The minimum atomic E-state index is -3.57. The molecule has 8 heteroatoms. The van der Waals surface area contributed by atoms with E-state index in [9.17, 15) is 17.6 Å². The number of nitrogens with one attached hydrogen (secondary N) is 1. The molecule has 27 heavy (non-hydrogen) atoms. The first-order chi connectivity index (χ1) is 12.9. The van der Waals surface area contributed by atoms with Crippen molar-refractivity contribution in [2.24, 2.45) is 0 Å². The van der Waals surface area contributed by atoms with Crippen LogP contribution >= 0.6 is 11.6 Å². The molecule has 1 heterocycles. The molecule has 5 nitrogen and oxygen atoms in total. The lowest BCUT2D eigenvalue weighted by Crippen LogP contribution is -2.31. The van der Waals surface area contributed by atoms with E-state index in [1.165, 1.54) is 46.8 Å². The number of carbonyl (C=O) groups excluding carboxylic acids is 1. The Balaban J connectivity index is 1.76. The summed E-state index contributed by atoms with van der Waals surface area (Å²) < 4.78 is 40.9. The van der Waals surface area contributed by atoms with Gasteiger partial charge in [-0.3, -0.25) is 4.79 Å². The highest BCUT2D eigenvalue weighted by atomic mass is 35.5. The van der Waals surface area contributed by atoms with Gasteiger partial charge < -0.3 is 5.32 Å². The molecule has 1 N–H and O–H groups in total. The maximum atomic E-state index is 13.9. The molecule has 1 amide bonds. The van der Waals surface area contributed by atoms with Crippen LogP contribution in [0.15, 0.2) is 47.4 Å². The van der Waals surface area contributed by atoms with E-state index in [-0.39, 0.29) is 21.2 Å². The molecule has 0 unspecified atom stereocenters. The zero-order chi connectivity index (χ0) is 19.4. The number of hydrogen-bond acceptors (Lipinski definition) is 3. The van der Waals surface area contributed by atoms with E-state index in [0.29, 0.717) is 13.1 Å². The molecule has 0 saturated carbocycles. The number of hydrogen-bond donors (Lipinski definition) is 1. The molecule has 2 aromatic rings. The van der Waals surface area contributed by atoms with E-state index in [1.54, 1.807) is 0 Å². The van der Waals surface area contributed by atoms with Gasteiger partial charge in [0.2, 0.25) is 10.0 Å². The highest BCUT2D eigenvalue weighted by Gasteiger charge is 2.25. The van der Waals surface area contributed by atoms with Crippen molar-refractivity contribution in [3.63, 3.8) is 0 Å². The molecule has 1 saturated heterocycles. The van der Waals surface area contributed by atoms with Gasteiger partial charge in [0.15, 0.2) is 5.82 Å². The number of benzene rings is 2. The third-order valence-electron chi connectivity index (χ3n) is 4.52. The Kier molecular flexibility index (Phi) is 6.14. The lowest BCUT2D eigenvalue weighted by molar-refractivity contribution is 0.102. The Morgan fingerprint density at radius 3 is 2.26 bits per heavy atom. The van der Waals surface area contributed by atoms with Crippen LogP contribution in [0.5, 0.6) is 0 Å². The van der Waals surface area contributed by atoms with Crippen molar-refractivity contribution in [1.82, 2.24) is 4.31 Å². The van der Waals surface area contributed by atoms with Gasteiger partial charge in [-0.2, -0.15) is 4.31 Å². The van der Waals surface area contributed by atoms with Crippen molar-refractivity contribution in [1.29, 1.82) is 0 Å². The predicted octanol–water partition coefficient (Wildman–Crippen LogP) is 4.30. The quantitative estimate of drug-likeness (QED) is 0.817. The first kappa shape index (κ1) is 19.8. The van der Waals surface area contributed by atoms with Gasteiger partial charge in [0.25, 0.3) is 5.91 Å². The minimum absolute atomic E-state index is 0.0336. The van der Waals surface area contributed by atoms with E-state index in [1.807, 2.05) is 0 Å². The van der Waals surface area contributed by atoms with Crippen LogP contribution < -0.4 is 5.32 Å². The fourth-order valence-electron chi connectivity index (χ4n) is 3.00. The molecule has 0 bridgehead atoms. The highest BCUT2D eigenvalue weighted by molar-refractivity contribution is 7.89. The van der Waals surface area contributed by atoms with Crippen LogP contribution in [0.25, 0.3) is 0 Å². The Bertz CT molecular complexity index is 924. The summed E-state index contributed by atoms with van der Waals surface area (Å²) in [5, 5.41) is 2.35. The second kappa shape index (κ2) is 8.37. The summed E-state index contributed by atoms with van der Waals surface area (Å²) in [6.07, 6.45) is 3.77. The molecule has 1 aliphatic rings. The average Bonchev–Trinajstić information content (AvgIpc) is 2.95. The maximum absolute atomic E-state index is 13.9. The smallest absolute Gasteiger partial charge is 0.255 e. The van der Waals surface area contributed by atoms with Crippen LogP contribution in [0.1, 0.15) is 36.0 Å². The van der Waals surface area contributed by atoms with E-state index < -0.39 is 21.7 Å². The standard InChI is InChI=1S/C19H20ClFN2O3S/c20-16-6-5-7-17(18(16)21)22-19(24)14-8-10-15(11-9-14)27(25,26)23-12-3-1-2-4-13-23/h5-11H,1-4,12-13H2,(H,22,24). The molecule has 0 radical (unpaired) electrons. The van der Waals surface area contributed by atoms with Crippen molar-refractivity contribution < 1.29 is 17.6 Å². The molecule has 3 rings (SSSR count). The van der Waals surface area contributed by atoms with Crippen molar-refractivity contribution in [3.05, 3.63) is 58.9 Å². The topological polar surface area (TPSA) is 66.5 Å². The van der Waals surface area contributed by atoms with Crippen LogP contribution in [-0.4, -0.2) is 31.7 Å². The van der Waals surface area contributed by atoms with Crippen LogP contribution in [-0.2, 0) is 10.0 Å². The van der Waals surface area contributed by atoms with Gasteiger partial charge in [0, 0.05) is 18.7 Å². The van der Waals surface area contributed by atoms with E-state index in [0.717, 1.165) is 25.7 Å². The number of rotatable bonds is 4. The van der Waals surface area contributed by atoms with Crippen molar-refractivity contribution >= 4 is 33.2 Å². The van der Waals surface area contributed by atoms with Crippen LogP contribution in [0.4, 0.5) is 10.1 Å². The average molecular weight is 411 g/mol. The number of sulfonamides is 1. The Labute approximate surface area is 163 Å². The van der Waals surface area contributed by atoms with Gasteiger partial charge in [-0.05, 0) is 49.2 Å². The van der Waals surface area contributed by atoms with Gasteiger partial charge in [-0.25, -0.2) is 12.8 Å². The van der Waals surface area contributed by atoms with Gasteiger partial charge in [-0.1, -0.05) is 30.5 Å². The molecule has 1 aliphatic heterocycles. The summed E-state index contributed by atoms with van der Waals surface area (Å²) in [5.74, 6) is -1.26. The fourth-order valence-corrected chi connectivity index (χ4v) is 4.70. The number of halogens is 2. The maximum Gasteiger partial charge on any atom is 0.255 e. The SMILES string of the molecule is O=C(Nc1cccc(Cl)c1F)c1ccc(S(=O)(=O)N2CCCCCC2)cc1. The normalized spacial score (nSPS) is 15.9. The van der Waals surface area contributed by atoms with Crippen molar-refractivity contribution in [3.8, 4) is 0 Å². The molecular formula is C19H20ClFN2O3S. The lowest BCUT2D eigenvalue weighted by atomic mass is 10.2. The van der Waals surface area contributed by atoms with Gasteiger partial charge in [0.05, 0.1) is 15.6 Å². The largest absolute Gasteiger partial charge is 0.319 e. The van der Waals surface area contributed by atoms with E-state index >= 15 is 0 Å². The van der Waals surface area contributed by atoms with Crippen LogP contribution in [0.2, 0.25) is 5.02 Å². The second-order valence-electron chi connectivity index (χ2n) is 6.40. The van der Waals surface area contributed by atoms with E-state index in [4.69, 9.17) is 11.6 Å². The van der Waals surface area contributed by atoms with E-state index in [2.05, 4.69) is 5.32 Å². The first-order valence-electron chi connectivity index (χ1n) is 8.75. The zero-order valence-corrected chi connectivity index (χ0v) is 16.2. The molecule has 0 aliphatic carbocycles. The molecule has 1 fully saturated rings. The minimum Gasteiger partial charge on any atom is -0.319 e.